The summed E-state index contributed by atoms with van der Waals surface area (Å²) in [5.41, 5.74) is 0.640. The molecule has 2 atom stereocenters. The van der Waals surface area contributed by atoms with Crippen LogP contribution in [-0.2, 0) is 0 Å². The van der Waals surface area contributed by atoms with Crippen LogP contribution in [0.25, 0.3) is 0 Å². The van der Waals surface area contributed by atoms with Crippen LogP contribution in [-0.4, -0.2) is 22.9 Å². The number of aliphatic hydroxyl groups excluding tert-OH is 2. The molecule has 0 aliphatic carbocycles. The Kier molecular flexibility index (Phi) is 4.59. The van der Waals surface area contributed by atoms with E-state index in [2.05, 4.69) is 0 Å². The third-order valence-corrected chi connectivity index (χ3v) is 2.16. The normalized spacial score (nSPS) is 14.7. The van der Waals surface area contributed by atoms with Crippen LogP contribution in [0.3, 0.4) is 0 Å². The van der Waals surface area contributed by atoms with Gasteiger partial charge in [0.2, 0.25) is 0 Å². The summed E-state index contributed by atoms with van der Waals surface area (Å²) in [4.78, 5) is 0. The Bertz CT molecular complexity index is 297. The molecule has 2 unspecified atom stereocenters. The molecule has 1 aromatic carbocycles. The van der Waals surface area contributed by atoms with Gasteiger partial charge in [0.1, 0.15) is 11.9 Å². The van der Waals surface area contributed by atoms with Gasteiger partial charge in [0.25, 0.3) is 0 Å². The fraction of sp³-hybridized carbons (Fsp3) is 0.500. The standard InChI is InChI=1S/C12H18O3/c1-3-8-15-11-7-5-4-6-10(11)12(14)9(2)13/h4-7,9,12-14H,3,8H2,1-2H3. The third-order valence-electron chi connectivity index (χ3n) is 2.16. The maximum absolute atomic E-state index is 9.75. The molecule has 0 aliphatic rings. The zero-order chi connectivity index (χ0) is 11.3. The van der Waals surface area contributed by atoms with E-state index < -0.39 is 12.2 Å². The number of hydrogen-bond acceptors (Lipinski definition) is 3. The van der Waals surface area contributed by atoms with Crippen LogP contribution in [0.1, 0.15) is 31.9 Å². The predicted octanol–water partition coefficient (Wildman–Crippen LogP) is 1.89. The topological polar surface area (TPSA) is 49.7 Å². The lowest BCUT2D eigenvalue weighted by Gasteiger charge is -2.17. The molecule has 3 heteroatoms. The van der Waals surface area contributed by atoms with Crippen molar-refractivity contribution in [3.05, 3.63) is 29.8 Å². The fourth-order valence-corrected chi connectivity index (χ4v) is 1.33. The molecule has 0 spiro atoms. The monoisotopic (exact) mass is 210 g/mol. The van der Waals surface area contributed by atoms with Crippen LogP contribution >= 0.6 is 0 Å². The third kappa shape index (κ3) is 3.22. The van der Waals surface area contributed by atoms with Gasteiger partial charge in [0, 0.05) is 5.56 Å². The molecule has 0 bridgehead atoms. The maximum atomic E-state index is 9.75. The maximum Gasteiger partial charge on any atom is 0.125 e. The highest BCUT2D eigenvalue weighted by molar-refractivity contribution is 5.35. The van der Waals surface area contributed by atoms with Crippen LogP contribution in [0.2, 0.25) is 0 Å². The summed E-state index contributed by atoms with van der Waals surface area (Å²) < 4.78 is 5.49. The molecular formula is C12H18O3. The molecule has 2 N–H and O–H groups in total. The van der Waals surface area contributed by atoms with Crippen molar-refractivity contribution in [2.24, 2.45) is 0 Å². The van der Waals surface area contributed by atoms with E-state index in [9.17, 15) is 10.2 Å². The Morgan fingerprint density at radius 3 is 2.53 bits per heavy atom. The summed E-state index contributed by atoms with van der Waals surface area (Å²) in [6, 6.07) is 7.24. The molecular weight excluding hydrogens is 192 g/mol. The summed E-state index contributed by atoms with van der Waals surface area (Å²) in [6.07, 6.45) is -0.770. The Balaban J connectivity index is 2.85. The molecule has 84 valence electrons. The van der Waals surface area contributed by atoms with Crippen molar-refractivity contribution >= 4 is 0 Å². The molecule has 0 fully saturated rings. The molecule has 0 heterocycles. The second-order valence-electron chi connectivity index (χ2n) is 3.57. The van der Waals surface area contributed by atoms with E-state index in [0.29, 0.717) is 17.9 Å². The van der Waals surface area contributed by atoms with E-state index in [1.165, 1.54) is 0 Å². The minimum Gasteiger partial charge on any atom is -0.493 e. The van der Waals surface area contributed by atoms with E-state index in [0.717, 1.165) is 6.42 Å². The summed E-state index contributed by atoms with van der Waals surface area (Å²) in [5.74, 6) is 0.646. The van der Waals surface area contributed by atoms with Crippen LogP contribution in [0.15, 0.2) is 24.3 Å². The highest BCUT2D eigenvalue weighted by Gasteiger charge is 2.17. The molecule has 15 heavy (non-hydrogen) atoms. The lowest BCUT2D eigenvalue weighted by molar-refractivity contribution is 0.0286. The molecule has 0 saturated heterocycles. The fourth-order valence-electron chi connectivity index (χ4n) is 1.33. The zero-order valence-electron chi connectivity index (χ0n) is 9.18. The first-order chi connectivity index (χ1) is 7.16. The number of hydrogen-bond donors (Lipinski definition) is 2. The molecule has 1 aromatic rings. The summed E-state index contributed by atoms with van der Waals surface area (Å²) >= 11 is 0. The minimum atomic E-state index is -0.891. The molecule has 0 aromatic heterocycles. The van der Waals surface area contributed by atoms with Gasteiger partial charge in [0.05, 0.1) is 12.7 Å². The largest absolute Gasteiger partial charge is 0.493 e. The van der Waals surface area contributed by atoms with Crippen molar-refractivity contribution in [3.63, 3.8) is 0 Å². The first-order valence-corrected chi connectivity index (χ1v) is 5.24. The second-order valence-corrected chi connectivity index (χ2v) is 3.57. The summed E-state index contributed by atoms with van der Waals surface area (Å²) in [5, 5.41) is 19.1. The number of aliphatic hydroxyl groups is 2. The van der Waals surface area contributed by atoms with Gasteiger partial charge >= 0.3 is 0 Å². The van der Waals surface area contributed by atoms with Crippen molar-refractivity contribution in [1.82, 2.24) is 0 Å². The lowest BCUT2D eigenvalue weighted by atomic mass is 10.0. The van der Waals surface area contributed by atoms with Crippen molar-refractivity contribution in [1.29, 1.82) is 0 Å². The zero-order valence-corrected chi connectivity index (χ0v) is 9.18. The van der Waals surface area contributed by atoms with Gasteiger partial charge in [-0.15, -0.1) is 0 Å². The Hall–Kier alpha value is -1.06. The first kappa shape index (κ1) is 12.0. The number of benzene rings is 1. The van der Waals surface area contributed by atoms with Crippen LogP contribution in [0.4, 0.5) is 0 Å². The van der Waals surface area contributed by atoms with Gasteiger partial charge < -0.3 is 14.9 Å². The molecule has 0 aliphatic heterocycles. The quantitative estimate of drug-likeness (QED) is 0.780. The van der Waals surface area contributed by atoms with E-state index >= 15 is 0 Å². The molecule has 0 saturated carbocycles. The number of ether oxygens (including phenoxy) is 1. The van der Waals surface area contributed by atoms with Crippen molar-refractivity contribution in [2.75, 3.05) is 6.61 Å². The Morgan fingerprint density at radius 1 is 1.27 bits per heavy atom. The Labute approximate surface area is 90.3 Å². The van der Waals surface area contributed by atoms with E-state index in [-0.39, 0.29) is 0 Å². The lowest BCUT2D eigenvalue weighted by Crippen LogP contribution is -2.15. The van der Waals surface area contributed by atoms with Crippen molar-refractivity contribution < 1.29 is 14.9 Å². The van der Waals surface area contributed by atoms with Crippen LogP contribution in [0, 0.1) is 0 Å². The first-order valence-electron chi connectivity index (χ1n) is 5.24. The van der Waals surface area contributed by atoms with E-state index in [4.69, 9.17) is 4.74 Å². The van der Waals surface area contributed by atoms with Gasteiger partial charge in [-0.3, -0.25) is 0 Å². The SMILES string of the molecule is CCCOc1ccccc1C(O)C(C)O. The smallest absolute Gasteiger partial charge is 0.125 e. The van der Waals surface area contributed by atoms with Gasteiger partial charge in [0.15, 0.2) is 0 Å². The Morgan fingerprint density at radius 2 is 1.93 bits per heavy atom. The van der Waals surface area contributed by atoms with Crippen molar-refractivity contribution in [3.8, 4) is 5.75 Å². The molecule has 1 rings (SSSR count). The highest BCUT2D eigenvalue weighted by atomic mass is 16.5. The highest BCUT2D eigenvalue weighted by Crippen LogP contribution is 2.27. The second kappa shape index (κ2) is 5.73. The van der Waals surface area contributed by atoms with Gasteiger partial charge in [-0.05, 0) is 19.4 Å². The van der Waals surface area contributed by atoms with Crippen molar-refractivity contribution in [2.45, 2.75) is 32.5 Å². The van der Waals surface area contributed by atoms with E-state index in [1.807, 2.05) is 19.1 Å². The minimum absolute atomic E-state index is 0.615. The number of para-hydroxylation sites is 1. The number of rotatable bonds is 5. The van der Waals surface area contributed by atoms with Gasteiger partial charge in [-0.2, -0.15) is 0 Å². The van der Waals surface area contributed by atoms with Gasteiger partial charge in [-0.25, -0.2) is 0 Å². The molecule has 0 radical (unpaired) electrons. The molecule has 3 nitrogen and oxygen atoms in total. The predicted molar refractivity (Wildman–Crippen MR) is 58.9 cm³/mol. The van der Waals surface area contributed by atoms with E-state index in [1.54, 1.807) is 19.1 Å². The van der Waals surface area contributed by atoms with Crippen LogP contribution in [0.5, 0.6) is 5.75 Å². The summed E-state index contributed by atoms with van der Waals surface area (Å²) in [7, 11) is 0. The van der Waals surface area contributed by atoms with Crippen LogP contribution < -0.4 is 4.74 Å². The molecule has 0 amide bonds. The van der Waals surface area contributed by atoms with Gasteiger partial charge in [-0.1, -0.05) is 25.1 Å². The average Bonchev–Trinajstić information content (AvgIpc) is 2.25. The average molecular weight is 210 g/mol. The summed E-state index contributed by atoms with van der Waals surface area (Å²) in [6.45, 7) is 4.19.